The summed E-state index contributed by atoms with van der Waals surface area (Å²) < 4.78 is 10.2. The van der Waals surface area contributed by atoms with E-state index in [1.54, 1.807) is 13.8 Å². The van der Waals surface area contributed by atoms with Crippen LogP contribution in [-0.4, -0.2) is 22.7 Å². The monoisotopic (exact) mass is 286 g/mol. The molecule has 110 valence electrons. The summed E-state index contributed by atoms with van der Waals surface area (Å²) in [6, 6.07) is 8.37. The van der Waals surface area contributed by atoms with Crippen molar-refractivity contribution >= 4 is 5.97 Å². The molecule has 2 aromatic rings. The van der Waals surface area contributed by atoms with E-state index in [1.807, 2.05) is 12.1 Å². The molecule has 0 fully saturated rings. The molecule has 0 N–H and O–H groups in total. The van der Waals surface area contributed by atoms with Crippen molar-refractivity contribution in [2.45, 2.75) is 38.5 Å². The molecular weight excluding hydrogens is 268 g/mol. The fourth-order valence-electron chi connectivity index (χ4n) is 2.70. The molecule has 0 radical (unpaired) electrons. The maximum absolute atomic E-state index is 11.7. The van der Waals surface area contributed by atoms with Gasteiger partial charge < -0.3 is 9.26 Å². The van der Waals surface area contributed by atoms with Crippen LogP contribution < -0.4 is 0 Å². The molecule has 0 amide bonds. The molecule has 0 bridgehead atoms. The topological polar surface area (TPSA) is 65.2 Å². The highest BCUT2D eigenvalue weighted by atomic mass is 16.5. The Kier molecular flexibility index (Phi) is 3.73. The summed E-state index contributed by atoms with van der Waals surface area (Å²) in [6.45, 7) is 3.85. The minimum Gasteiger partial charge on any atom is -0.465 e. The van der Waals surface area contributed by atoms with Crippen LogP contribution in [0.1, 0.15) is 48.5 Å². The Bertz CT molecular complexity index is 625. The average Bonchev–Trinajstić information content (AvgIpc) is 3.13. The van der Waals surface area contributed by atoms with Crippen LogP contribution in [0.3, 0.4) is 0 Å². The highest BCUT2D eigenvalue weighted by Crippen LogP contribution is 2.32. The van der Waals surface area contributed by atoms with Crippen LogP contribution in [-0.2, 0) is 22.4 Å². The van der Waals surface area contributed by atoms with E-state index in [4.69, 9.17) is 9.26 Å². The fourth-order valence-corrected chi connectivity index (χ4v) is 2.70. The summed E-state index contributed by atoms with van der Waals surface area (Å²) in [6.07, 6.45) is 1.84. The lowest BCUT2D eigenvalue weighted by atomic mass is 10.1. The molecule has 0 saturated heterocycles. The number of hydrogen-bond donors (Lipinski definition) is 0. The first-order valence-electron chi connectivity index (χ1n) is 7.26. The van der Waals surface area contributed by atoms with Gasteiger partial charge in [0.2, 0.25) is 5.89 Å². The minimum absolute atomic E-state index is 0.231. The molecule has 21 heavy (non-hydrogen) atoms. The van der Waals surface area contributed by atoms with E-state index in [9.17, 15) is 4.79 Å². The Labute approximate surface area is 123 Å². The Hall–Kier alpha value is -2.17. The maximum Gasteiger partial charge on any atom is 0.318 e. The number of carbonyl (C=O) groups is 1. The lowest BCUT2D eigenvalue weighted by molar-refractivity contribution is -0.145. The Morgan fingerprint density at radius 1 is 1.38 bits per heavy atom. The van der Waals surface area contributed by atoms with Gasteiger partial charge in [-0.25, -0.2) is 0 Å². The lowest BCUT2D eigenvalue weighted by Crippen LogP contribution is -2.13. The van der Waals surface area contributed by atoms with E-state index >= 15 is 0 Å². The van der Waals surface area contributed by atoms with Crippen molar-refractivity contribution in [2.24, 2.45) is 0 Å². The van der Waals surface area contributed by atoms with E-state index < -0.39 is 5.92 Å². The van der Waals surface area contributed by atoms with Crippen molar-refractivity contribution in [1.82, 2.24) is 10.1 Å². The summed E-state index contributed by atoms with van der Waals surface area (Å²) in [5.74, 6) is 0.392. The molecule has 3 rings (SSSR count). The van der Waals surface area contributed by atoms with Crippen LogP contribution in [0, 0.1) is 0 Å². The standard InChI is InChI=1S/C16H18N2O3/c1-3-20-16(19)10(2)15-17-14(18-21-15)13-8-11-6-4-5-7-12(11)9-13/h4-7,10,13H,3,8-9H2,1-2H3. The molecule has 0 spiro atoms. The summed E-state index contributed by atoms with van der Waals surface area (Å²) >= 11 is 0. The molecular formula is C16H18N2O3. The smallest absolute Gasteiger partial charge is 0.318 e. The van der Waals surface area contributed by atoms with Gasteiger partial charge in [-0.3, -0.25) is 4.79 Å². The van der Waals surface area contributed by atoms with Gasteiger partial charge in [0.1, 0.15) is 5.92 Å². The van der Waals surface area contributed by atoms with Crippen molar-refractivity contribution in [3.8, 4) is 0 Å². The zero-order valence-corrected chi connectivity index (χ0v) is 12.2. The molecule has 0 saturated carbocycles. The van der Waals surface area contributed by atoms with Crippen LogP contribution in [0.4, 0.5) is 0 Å². The largest absolute Gasteiger partial charge is 0.465 e. The van der Waals surface area contributed by atoms with Gasteiger partial charge in [0.25, 0.3) is 0 Å². The predicted molar refractivity (Wildman–Crippen MR) is 75.9 cm³/mol. The number of aromatic nitrogens is 2. The molecule has 5 nitrogen and oxygen atoms in total. The maximum atomic E-state index is 11.7. The van der Waals surface area contributed by atoms with Gasteiger partial charge in [-0.1, -0.05) is 29.4 Å². The second-order valence-corrected chi connectivity index (χ2v) is 5.34. The molecule has 1 atom stereocenters. The van der Waals surface area contributed by atoms with Crippen molar-refractivity contribution in [3.05, 3.63) is 47.1 Å². The van der Waals surface area contributed by atoms with Gasteiger partial charge in [0.15, 0.2) is 5.82 Å². The first-order chi connectivity index (χ1) is 10.2. The number of carbonyl (C=O) groups excluding carboxylic acids is 1. The Morgan fingerprint density at radius 3 is 2.67 bits per heavy atom. The van der Waals surface area contributed by atoms with E-state index in [0.717, 1.165) is 12.8 Å². The first kappa shape index (κ1) is 13.8. The van der Waals surface area contributed by atoms with Gasteiger partial charge in [0, 0.05) is 5.92 Å². The molecule has 0 aliphatic heterocycles. The van der Waals surface area contributed by atoms with Gasteiger partial charge >= 0.3 is 5.97 Å². The molecule has 5 heteroatoms. The molecule has 1 unspecified atom stereocenters. The average molecular weight is 286 g/mol. The van der Waals surface area contributed by atoms with Crippen molar-refractivity contribution in [2.75, 3.05) is 6.61 Å². The van der Waals surface area contributed by atoms with E-state index in [2.05, 4.69) is 22.3 Å². The number of ether oxygens (including phenoxy) is 1. The quantitative estimate of drug-likeness (QED) is 0.808. The molecule has 1 aromatic heterocycles. The SMILES string of the molecule is CCOC(=O)C(C)c1nc(C2Cc3ccccc3C2)no1. The van der Waals surface area contributed by atoms with E-state index in [-0.39, 0.29) is 11.9 Å². The third-order valence-corrected chi connectivity index (χ3v) is 3.88. The third kappa shape index (κ3) is 2.68. The van der Waals surface area contributed by atoms with Crippen molar-refractivity contribution < 1.29 is 14.1 Å². The first-order valence-corrected chi connectivity index (χ1v) is 7.26. The van der Waals surface area contributed by atoms with Crippen LogP contribution in [0.25, 0.3) is 0 Å². The van der Waals surface area contributed by atoms with Crippen LogP contribution in [0.15, 0.2) is 28.8 Å². The molecule has 1 aliphatic rings. The zero-order chi connectivity index (χ0) is 14.8. The normalized spacial score (nSPS) is 15.7. The second kappa shape index (κ2) is 5.68. The second-order valence-electron chi connectivity index (χ2n) is 5.34. The van der Waals surface area contributed by atoms with E-state index in [0.29, 0.717) is 18.3 Å². The van der Waals surface area contributed by atoms with Gasteiger partial charge in [-0.15, -0.1) is 0 Å². The van der Waals surface area contributed by atoms with Crippen LogP contribution >= 0.6 is 0 Å². The number of fused-ring (bicyclic) bond motifs is 1. The number of nitrogens with zero attached hydrogens (tertiary/aromatic N) is 2. The van der Waals surface area contributed by atoms with Crippen molar-refractivity contribution in [3.63, 3.8) is 0 Å². The summed E-state index contributed by atoms with van der Waals surface area (Å²) in [7, 11) is 0. The number of rotatable bonds is 4. The van der Waals surface area contributed by atoms with Crippen molar-refractivity contribution in [1.29, 1.82) is 0 Å². The number of esters is 1. The molecule has 1 aliphatic carbocycles. The van der Waals surface area contributed by atoms with E-state index in [1.165, 1.54) is 11.1 Å². The van der Waals surface area contributed by atoms with Gasteiger partial charge in [-0.2, -0.15) is 4.98 Å². The number of hydrogen-bond acceptors (Lipinski definition) is 5. The Balaban J connectivity index is 1.73. The number of benzene rings is 1. The molecule has 1 aromatic carbocycles. The van der Waals surface area contributed by atoms with Gasteiger partial charge in [-0.05, 0) is 37.8 Å². The summed E-state index contributed by atoms with van der Waals surface area (Å²) in [4.78, 5) is 16.1. The van der Waals surface area contributed by atoms with Gasteiger partial charge in [0.05, 0.1) is 6.61 Å². The summed E-state index contributed by atoms with van der Waals surface area (Å²) in [5.41, 5.74) is 2.68. The highest BCUT2D eigenvalue weighted by molar-refractivity contribution is 5.76. The predicted octanol–water partition coefficient (Wildman–Crippen LogP) is 2.62. The van der Waals surface area contributed by atoms with Crippen LogP contribution in [0.5, 0.6) is 0 Å². The highest BCUT2D eigenvalue weighted by Gasteiger charge is 2.29. The zero-order valence-electron chi connectivity index (χ0n) is 12.2. The van der Waals surface area contributed by atoms with Crippen LogP contribution in [0.2, 0.25) is 0 Å². The fraction of sp³-hybridized carbons (Fsp3) is 0.438. The third-order valence-electron chi connectivity index (χ3n) is 3.88. The summed E-state index contributed by atoms with van der Waals surface area (Å²) in [5, 5.41) is 4.05. The minimum atomic E-state index is -0.519. The Morgan fingerprint density at radius 2 is 2.05 bits per heavy atom. The lowest BCUT2D eigenvalue weighted by Gasteiger charge is -2.05. The molecule has 1 heterocycles.